The van der Waals surface area contributed by atoms with Crippen molar-refractivity contribution in [2.24, 2.45) is 0 Å². The number of fused-ring (bicyclic) bond motifs is 12. The average molecular weight is 968 g/mol. The Labute approximate surface area is 437 Å². The molecule has 2 aliphatic carbocycles. The molecule has 5 aliphatic rings. The van der Waals surface area contributed by atoms with Gasteiger partial charge in [-0.15, -0.1) is 11.3 Å². The molecule has 0 saturated heterocycles. The van der Waals surface area contributed by atoms with E-state index in [0.29, 0.717) is 0 Å². The first-order valence-electron chi connectivity index (χ1n) is 27.1. The fourth-order valence-corrected chi connectivity index (χ4v) is 15.8. The maximum atomic E-state index is 3.00. The van der Waals surface area contributed by atoms with Crippen molar-refractivity contribution in [1.29, 1.82) is 0 Å². The summed E-state index contributed by atoms with van der Waals surface area (Å²) in [5.41, 5.74) is 22.6. The summed E-state index contributed by atoms with van der Waals surface area (Å²) in [6.45, 7) is 22.2. The van der Waals surface area contributed by atoms with Crippen molar-refractivity contribution in [3.8, 4) is 22.3 Å². The number of hydrogen-bond donors (Lipinski definition) is 0. The minimum absolute atomic E-state index is 0.00106. The van der Waals surface area contributed by atoms with Crippen molar-refractivity contribution >= 4 is 89.1 Å². The van der Waals surface area contributed by atoms with Crippen LogP contribution < -0.4 is 25.5 Å². The third kappa shape index (κ3) is 6.30. The van der Waals surface area contributed by atoms with Crippen LogP contribution in [0.1, 0.15) is 123 Å². The third-order valence-corrected chi connectivity index (χ3v) is 20.1. The first kappa shape index (κ1) is 45.1. The lowest BCUT2D eigenvalue weighted by Gasteiger charge is -2.55. The van der Waals surface area contributed by atoms with Crippen molar-refractivity contribution in [2.45, 2.75) is 128 Å². The van der Waals surface area contributed by atoms with E-state index in [1.54, 1.807) is 0 Å². The van der Waals surface area contributed by atoms with Crippen molar-refractivity contribution in [2.75, 3.05) is 14.6 Å². The Bertz CT molecular complexity index is 3700. The average Bonchev–Trinajstić information content (AvgIpc) is 3.86. The topological polar surface area (TPSA) is 9.72 Å². The Balaban J connectivity index is 1.17. The van der Waals surface area contributed by atoms with E-state index in [1.165, 1.54) is 137 Å². The first-order valence-corrected chi connectivity index (χ1v) is 27.9. The second-order valence-electron chi connectivity index (χ2n) is 25.0. The number of nitrogens with zero attached hydrogens (tertiary/aromatic N) is 3. The Hall–Kier alpha value is -6.56. The number of benzene rings is 8. The Kier molecular flexibility index (Phi) is 9.57. The highest BCUT2D eigenvalue weighted by molar-refractivity contribution is 7.26. The Morgan fingerprint density at radius 1 is 0.521 bits per heavy atom. The Morgan fingerprint density at radius 3 is 1.86 bits per heavy atom. The molecule has 0 radical (unpaired) electrons. The smallest absolute Gasteiger partial charge is 0.328 e. The van der Waals surface area contributed by atoms with E-state index in [4.69, 9.17) is 0 Å². The van der Waals surface area contributed by atoms with Crippen LogP contribution in [0.2, 0.25) is 0 Å². The van der Waals surface area contributed by atoms with Gasteiger partial charge in [0.05, 0.1) is 11.4 Å². The van der Waals surface area contributed by atoms with Crippen LogP contribution in [-0.2, 0) is 21.7 Å². The molecule has 4 heterocycles. The summed E-state index contributed by atoms with van der Waals surface area (Å²) < 4.78 is 2.74. The highest BCUT2D eigenvalue weighted by Gasteiger charge is 2.63. The molecule has 2 atom stereocenters. The molecule has 3 aliphatic heterocycles. The molecule has 8 aromatic carbocycles. The van der Waals surface area contributed by atoms with E-state index in [0.717, 1.165) is 17.1 Å². The predicted octanol–water partition coefficient (Wildman–Crippen LogP) is 17.8. The van der Waals surface area contributed by atoms with Crippen LogP contribution in [-0.4, -0.2) is 12.4 Å². The summed E-state index contributed by atoms with van der Waals surface area (Å²) in [5, 5.41) is 2.77. The summed E-state index contributed by atoms with van der Waals surface area (Å²) in [7, 11) is 0. The molecule has 0 N–H and O–H groups in total. The zero-order valence-electron chi connectivity index (χ0n) is 44.2. The van der Waals surface area contributed by atoms with E-state index in [-0.39, 0.29) is 34.0 Å². The van der Waals surface area contributed by atoms with Gasteiger partial charge in [0.15, 0.2) is 0 Å². The summed E-state index contributed by atoms with van der Waals surface area (Å²) >= 11 is 2.00. The molecule has 2 unspecified atom stereocenters. The number of para-hydroxylation sites is 3. The van der Waals surface area contributed by atoms with Gasteiger partial charge in [-0.1, -0.05) is 165 Å². The van der Waals surface area contributed by atoms with Crippen LogP contribution in [0.3, 0.4) is 0 Å². The van der Waals surface area contributed by atoms with Crippen molar-refractivity contribution in [3.05, 3.63) is 186 Å². The van der Waals surface area contributed by atoms with Gasteiger partial charge in [0, 0.05) is 70.7 Å². The molecule has 14 rings (SSSR count). The largest absolute Gasteiger partial charge is 0.400 e. The molecule has 1 saturated carbocycles. The number of rotatable bonds is 5. The second kappa shape index (κ2) is 15.5. The maximum Gasteiger partial charge on any atom is 0.328 e. The number of hydrogen-bond acceptors (Lipinski definition) is 4. The summed E-state index contributed by atoms with van der Waals surface area (Å²) in [6.07, 6.45) is 7.24. The van der Waals surface area contributed by atoms with Crippen LogP contribution >= 0.6 is 11.3 Å². The monoisotopic (exact) mass is 968 g/mol. The van der Waals surface area contributed by atoms with Crippen LogP contribution in [0, 0.1) is 0 Å². The first-order chi connectivity index (χ1) is 35.1. The van der Waals surface area contributed by atoms with Gasteiger partial charge < -0.3 is 14.6 Å². The molecule has 362 valence electrons. The number of thiophene rings is 1. The van der Waals surface area contributed by atoms with Crippen LogP contribution in [0.25, 0.3) is 42.4 Å². The van der Waals surface area contributed by atoms with Gasteiger partial charge in [0.25, 0.3) is 0 Å². The molecule has 3 nitrogen and oxygen atoms in total. The Morgan fingerprint density at radius 2 is 1.18 bits per heavy atom. The van der Waals surface area contributed by atoms with Gasteiger partial charge >= 0.3 is 6.85 Å². The summed E-state index contributed by atoms with van der Waals surface area (Å²) in [4.78, 5) is 8.27. The molecule has 0 spiro atoms. The quantitative estimate of drug-likeness (QED) is 0.159. The molecule has 9 aromatic rings. The molecule has 0 bridgehead atoms. The highest BCUT2D eigenvalue weighted by atomic mass is 32.1. The van der Waals surface area contributed by atoms with Crippen molar-refractivity contribution < 1.29 is 0 Å². The van der Waals surface area contributed by atoms with Gasteiger partial charge in [-0.25, -0.2) is 0 Å². The maximum absolute atomic E-state index is 3.00. The summed E-state index contributed by atoms with van der Waals surface area (Å²) in [5.74, 6) is 0. The zero-order valence-corrected chi connectivity index (χ0v) is 45.0. The van der Waals surface area contributed by atoms with Gasteiger partial charge in [-0.05, 0) is 160 Å². The fraction of sp³-hybridized carbons (Fsp3) is 0.294. The molecule has 0 amide bonds. The lowest BCUT2D eigenvalue weighted by Crippen LogP contribution is -2.70. The lowest BCUT2D eigenvalue weighted by atomic mass is 9.42. The van der Waals surface area contributed by atoms with Gasteiger partial charge in [-0.2, -0.15) is 0 Å². The molecular formula is C68H66BN3S. The van der Waals surface area contributed by atoms with E-state index in [2.05, 4.69) is 241 Å². The molecule has 1 aromatic heterocycles. The fourth-order valence-electron chi connectivity index (χ4n) is 14.7. The molecule has 5 heteroatoms. The predicted molar refractivity (Wildman–Crippen MR) is 315 cm³/mol. The third-order valence-electron chi connectivity index (χ3n) is 19.0. The van der Waals surface area contributed by atoms with Gasteiger partial charge in [-0.3, -0.25) is 0 Å². The molecule has 1 fully saturated rings. The van der Waals surface area contributed by atoms with Crippen LogP contribution in [0.15, 0.2) is 164 Å². The van der Waals surface area contributed by atoms with Crippen molar-refractivity contribution in [3.63, 3.8) is 0 Å². The van der Waals surface area contributed by atoms with Crippen LogP contribution in [0.4, 0.5) is 39.8 Å². The minimum Gasteiger partial charge on any atom is -0.400 e. The van der Waals surface area contributed by atoms with E-state index < -0.39 is 0 Å². The summed E-state index contributed by atoms with van der Waals surface area (Å²) in [6, 6.07) is 63.5. The molecular weight excluding hydrogens is 902 g/mol. The van der Waals surface area contributed by atoms with E-state index in [1.807, 2.05) is 11.3 Å². The molecule has 73 heavy (non-hydrogen) atoms. The van der Waals surface area contributed by atoms with E-state index in [9.17, 15) is 0 Å². The zero-order chi connectivity index (χ0) is 50.0. The highest BCUT2D eigenvalue weighted by Crippen LogP contribution is 2.64. The normalized spacial score (nSPS) is 20.9. The van der Waals surface area contributed by atoms with E-state index >= 15 is 0 Å². The van der Waals surface area contributed by atoms with Gasteiger partial charge in [0.1, 0.15) is 0 Å². The number of anilines is 7. The second-order valence-corrected chi connectivity index (χ2v) is 26.1. The minimum atomic E-state index is -0.0918. The SMILES string of the molecule is CC(C)(C)c1ccc(N2c3cc(N(c4ccccc4)c4ccccc4)cc4c3B(c3ccc5sc6cc7c(cc6c5c32)C(C)(C)CCC7(C)C)N2c3c-4cccc3C3(C)CCCCC23C)c(-c2ccccc2)c1. The lowest BCUT2D eigenvalue weighted by molar-refractivity contribution is 0.199. The van der Waals surface area contributed by atoms with Crippen LogP contribution in [0.5, 0.6) is 0 Å². The van der Waals surface area contributed by atoms with Crippen molar-refractivity contribution in [1.82, 2.24) is 0 Å². The van der Waals surface area contributed by atoms with Gasteiger partial charge in [0.2, 0.25) is 0 Å². The standard InChI is InChI=1S/C68H66BN3S/c1-64(2,3)44-30-32-56(49(38-44)43-22-13-10-14-23-43)71-57-40-47(70(45-24-15-11-16-25-45)46-26-17-12-18-27-46)39-50-48-28-21-29-52-62(48)72(68(9)35-20-19-34-67(52,68)8)69(61(50)57)55-31-33-58-60(63(55)71)51-41-53-54(42-59(51)73-58)66(6,7)37-36-65(53,4)5/h10-18,21-33,38-42H,19-20,34-37H2,1-9H3.